The van der Waals surface area contributed by atoms with E-state index in [0.29, 0.717) is 17.7 Å². The fourth-order valence-electron chi connectivity index (χ4n) is 1.25. The van der Waals surface area contributed by atoms with Crippen LogP contribution in [0.5, 0.6) is 0 Å². The average Bonchev–Trinajstić information content (AvgIpc) is 2.47. The van der Waals surface area contributed by atoms with Crippen LogP contribution in [0.25, 0.3) is 5.70 Å². The minimum absolute atomic E-state index is 0.582. The van der Waals surface area contributed by atoms with E-state index in [9.17, 15) is 0 Å². The molecular formula is C10H13N3S. The lowest BCUT2D eigenvalue weighted by Crippen LogP contribution is -2.00. The van der Waals surface area contributed by atoms with Gasteiger partial charge < -0.3 is 5.73 Å². The summed E-state index contributed by atoms with van der Waals surface area (Å²) < 4.78 is 0. The molecule has 2 N–H and O–H groups in total. The van der Waals surface area contributed by atoms with Crippen molar-refractivity contribution in [1.29, 1.82) is 5.26 Å². The summed E-state index contributed by atoms with van der Waals surface area (Å²) in [7, 11) is 0. The summed E-state index contributed by atoms with van der Waals surface area (Å²) >= 11 is 1.54. The van der Waals surface area contributed by atoms with Crippen LogP contribution in [0, 0.1) is 25.2 Å². The SMILES string of the molecule is CCC(C#N)=C(N)c1sc(C)nc1C. The number of aryl methyl sites for hydroxylation is 2. The third-order valence-corrected chi connectivity index (χ3v) is 3.07. The standard InChI is InChI=1S/C10H13N3S/c1-4-8(5-11)9(12)10-6(2)13-7(3)14-10/h4,12H2,1-3H3. The van der Waals surface area contributed by atoms with Gasteiger partial charge in [-0.2, -0.15) is 5.26 Å². The van der Waals surface area contributed by atoms with Gasteiger partial charge in [0.05, 0.1) is 32.9 Å². The van der Waals surface area contributed by atoms with E-state index in [-0.39, 0.29) is 0 Å². The van der Waals surface area contributed by atoms with Crippen LogP contribution < -0.4 is 5.73 Å². The molecule has 0 fully saturated rings. The Morgan fingerprint density at radius 3 is 2.57 bits per heavy atom. The molecule has 0 radical (unpaired) electrons. The molecule has 1 rings (SSSR count). The van der Waals surface area contributed by atoms with E-state index < -0.39 is 0 Å². The minimum atomic E-state index is 0.582. The summed E-state index contributed by atoms with van der Waals surface area (Å²) in [5.74, 6) is 0. The zero-order valence-corrected chi connectivity index (χ0v) is 9.40. The highest BCUT2D eigenvalue weighted by molar-refractivity contribution is 7.12. The van der Waals surface area contributed by atoms with E-state index in [1.165, 1.54) is 11.3 Å². The molecule has 14 heavy (non-hydrogen) atoms. The quantitative estimate of drug-likeness (QED) is 0.757. The van der Waals surface area contributed by atoms with Gasteiger partial charge in [-0.15, -0.1) is 11.3 Å². The number of hydrogen-bond donors (Lipinski definition) is 1. The number of nitrogens with two attached hydrogens (primary N) is 1. The van der Waals surface area contributed by atoms with Crippen molar-refractivity contribution >= 4 is 17.0 Å². The molecule has 0 saturated carbocycles. The highest BCUT2D eigenvalue weighted by atomic mass is 32.1. The van der Waals surface area contributed by atoms with Gasteiger partial charge in [0, 0.05) is 0 Å². The molecule has 4 heteroatoms. The van der Waals surface area contributed by atoms with E-state index in [1.807, 2.05) is 20.8 Å². The van der Waals surface area contributed by atoms with Crippen LogP contribution in [0.15, 0.2) is 5.57 Å². The fraction of sp³-hybridized carbons (Fsp3) is 0.400. The lowest BCUT2D eigenvalue weighted by atomic mass is 10.1. The minimum Gasteiger partial charge on any atom is -0.397 e. The molecule has 0 spiro atoms. The smallest absolute Gasteiger partial charge is 0.0969 e. The lowest BCUT2D eigenvalue weighted by Gasteiger charge is -2.00. The molecule has 0 unspecified atom stereocenters. The normalized spacial score (nSPS) is 12.1. The van der Waals surface area contributed by atoms with Crippen molar-refractivity contribution in [3.05, 3.63) is 21.2 Å². The average molecular weight is 207 g/mol. The maximum Gasteiger partial charge on any atom is 0.0969 e. The molecule has 0 atom stereocenters. The molecule has 1 aromatic heterocycles. The van der Waals surface area contributed by atoms with Gasteiger partial charge in [-0.05, 0) is 20.3 Å². The maximum atomic E-state index is 8.85. The van der Waals surface area contributed by atoms with Gasteiger partial charge in [-0.1, -0.05) is 6.92 Å². The second-order valence-corrected chi connectivity index (χ2v) is 4.21. The molecule has 1 aromatic rings. The third kappa shape index (κ3) is 1.94. The zero-order chi connectivity index (χ0) is 10.7. The number of nitriles is 1. The molecule has 74 valence electrons. The van der Waals surface area contributed by atoms with Crippen molar-refractivity contribution in [3.8, 4) is 6.07 Å². The summed E-state index contributed by atoms with van der Waals surface area (Å²) in [6.07, 6.45) is 0.665. The molecule has 1 heterocycles. The van der Waals surface area contributed by atoms with Gasteiger partial charge in [0.15, 0.2) is 0 Å². The lowest BCUT2D eigenvalue weighted by molar-refractivity contribution is 1.14. The van der Waals surface area contributed by atoms with Gasteiger partial charge in [0.25, 0.3) is 0 Å². The van der Waals surface area contributed by atoms with Crippen molar-refractivity contribution in [1.82, 2.24) is 4.98 Å². The number of allylic oxidation sites excluding steroid dienone is 1. The number of rotatable bonds is 2. The Balaban J connectivity index is 3.24. The number of thiazole rings is 1. The molecular weight excluding hydrogens is 194 g/mol. The third-order valence-electron chi connectivity index (χ3n) is 1.96. The summed E-state index contributed by atoms with van der Waals surface area (Å²) in [6, 6.07) is 2.12. The van der Waals surface area contributed by atoms with Crippen LogP contribution >= 0.6 is 11.3 Å². The van der Waals surface area contributed by atoms with Crippen molar-refractivity contribution in [3.63, 3.8) is 0 Å². The van der Waals surface area contributed by atoms with Crippen molar-refractivity contribution < 1.29 is 0 Å². The molecule has 0 bridgehead atoms. The molecule has 0 aromatic carbocycles. The van der Waals surface area contributed by atoms with Crippen molar-refractivity contribution in [2.75, 3.05) is 0 Å². The zero-order valence-electron chi connectivity index (χ0n) is 8.59. The van der Waals surface area contributed by atoms with Gasteiger partial charge in [0.1, 0.15) is 0 Å². The first-order valence-electron chi connectivity index (χ1n) is 4.43. The first-order valence-corrected chi connectivity index (χ1v) is 5.24. The highest BCUT2D eigenvalue weighted by Gasteiger charge is 2.10. The molecule has 0 aliphatic rings. The van der Waals surface area contributed by atoms with Gasteiger partial charge in [0.2, 0.25) is 0 Å². The van der Waals surface area contributed by atoms with E-state index in [1.54, 1.807) is 0 Å². The van der Waals surface area contributed by atoms with Crippen molar-refractivity contribution in [2.24, 2.45) is 5.73 Å². The summed E-state index contributed by atoms with van der Waals surface area (Å²) in [5.41, 5.74) is 8.03. The maximum absolute atomic E-state index is 8.85. The Labute approximate surface area is 87.9 Å². The largest absolute Gasteiger partial charge is 0.397 e. The topological polar surface area (TPSA) is 62.7 Å². The van der Waals surface area contributed by atoms with Gasteiger partial charge >= 0.3 is 0 Å². The first kappa shape index (κ1) is 10.7. The molecule has 0 amide bonds. The summed E-state index contributed by atoms with van der Waals surface area (Å²) in [5, 5.41) is 9.83. The number of hydrogen-bond acceptors (Lipinski definition) is 4. The fourth-order valence-corrected chi connectivity index (χ4v) is 2.15. The van der Waals surface area contributed by atoms with E-state index in [2.05, 4.69) is 11.1 Å². The van der Waals surface area contributed by atoms with Crippen molar-refractivity contribution in [2.45, 2.75) is 27.2 Å². The summed E-state index contributed by atoms with van der Waals surface area (Å²) in [4.78, 5) is 5.21. The van der Waals surface area contributed by atoms with E-state index >= 15 is 0 Å². The van der Waals surface area contributed by atoms with Gasteiger partial charge in [-0.3, -0.25) is 0 Å². The molecule has 0 aliphatic heterocycles. The predicted molar refractivity (Wildman–Crippen MR) is 58.6 cm³/mol. The molecule has 0 saturated heterocycles. The Morgan fingerprint density at radius 2 is 2.21 bits per heavy atom. The first-order chi connectivity index (χ1) is 6.60. The van der Waals surface area contributed by atoms with Crippen LogP contribution in [0.2, 0.25) is 0 Å². The Bertz CT molecular complexity index is 409. The predicted octanol–water partition coefficient (Wildman–Crippen LogP) is 2.36. The summed E-state index contributed by atoms with van der Waals surface area (Å²) in [6.45, 7) is 5.78. The van der Waals surface area contributed by atoms with Crippen LogP contribution in [0.3, 0.4) is 0 Å². The molecule has 0 aliphatic carbocycles. The Kier molecular flexibility index (Phi) is 3.26. The second kappa shape index (κ2) is 4.25. The van der Waals surface area contributed by atoms with Crippen LogP contribution in [-0.2, 0) is 0 Å². The monoisotopic (exact) mass is 207 g/mol. The molecule has 3 nitrogen and oxygen atoms in total. The van der Waals surface area contributed by atoms with Crippen LogP contribution in [0.4, 0.5) is 0 Å². The Hall–Kier alpha value is -1.34. The number of aromatic nitrogens is 1. The Morgan fingerprint density at radius 1 is 1.57 bits per heavy atom. The van der Waals surface area contributed by atoms with Crippen LogP contribution in [-0.4, -0.2) is 4.98 Å². The van der Waals surface area contributed by atoms with E-state index in [4.69, 9.17) is 11.0 Å². The van der Waals surface area contributed by atoms with E-state index in [0.717, 1.165) is 15.6 Å². The highest BCUT2D eigenvalue weighted by Crippen LogP contribution is 2.25. The second-order valence-electron chi connectivity index (χ2n) is 3.01. The van der Waals surface area contributed by atoms with Crippen LogP contribution in [0.1, 0.15) is 28.9 Å². The van der Waals surface area contributed by atoms with Gasteiger partial charge in [-0.25, -0.2) is 4.98 Å². The number of nitrogens with zero attached hydrogens (tertiary/aromatic N) is 2.